The first-order valence-corrected chi connectivity index (χ1v) is 7.06. The quantitative estimate of drug-likeness (QED) is 0.807. The van der Waals surface area contributed by atoms with Crippen molar-refractivity contribution in [3.63, 3.8) is 0 Å². The van der Waals surface area contributed by atoms with Crippen LogP contribution in [0.15, 0.2) is 18.2 Å². The van der Waals surface area contributed by atoms with Gasteiger partial charge in [0.15, 0.2) is 0 Å². The second kappa shape index (κ2) is 7.45. The molecule has 0 saturated heterocycles. The fourth-order valence-electron chi connectivity index (χ4n) is 2.40. The van der Waals surface area contributed by atoms with Gasteiger partial charge in [0.25, 0.3) is 0 Å². The van der Waals surface area contributed by atoms with Crippen LogP contribution in [-0.2, 0) is 4.74 Å². The van der Waals surface area contributed by atoms with E-state index >= 15 is 0 Å². The number of hydrogen-bond donors (Lipinski definition) is 2. The van der Waals surface area contributed by atoms with Gasteiger partial charge in [-0.2, -0.15) is 0 Å². The smallest absolute Gasteiger partial charge is 0.144 e. The Bertz CT molecular complexity index is 422. The van der Waals surface area contributed by atoms with Gasteiger partial charge in [-0.1, -0.05) is 12.8 Å². The largest absolute Gasteiger partial charge is 0.494 e. The summed E-state index contributed by atoms with van der Waals surface area (Å²) in [6.07, 6.45) is 4.31. The van der Waals surface area contributed by atoms with E-state index in [1.165, 1.54) is 32.1 Å². The Hall–Kier alpha value is -1.33. The van der Waals surface area contributed by atoms with Gasteiger partial charge < -0.3 is 19.9 Å². The zero-order chi connectivity index (χ0) is 14.4. The van der Waals surface area contributed by atoms with Crippen LogP contribution in [-0.4, -0.2) is 37.6 Å². The first-order chi connectivity index (χ1) is 9.69. The van der Waals surface area contributed by atoms with Crippen LogP contribution in [0, 0.1) is 5.82 Å². The molecular formula is C15H22FNO3. The fraction of sp³-hybridized carbons (Fsp3) is 0.600. The van der Waals surface area contributed by atoms with Crippen LogP contribution < -0.4 is 10.1 Å². The molecular weight excluding hydrogens is 261 g/mol. The molecule has 1 aliphatic carbocycles. The van der Waals surface area contributed by atoms with Crippen molar-refractivity contribution in [3.8, 4) is 5.75 Å². The standard InChI is InChI=1S/C15H22FNO3/c1-19-15-8-11(16)6-7-14(15)17-9-12(18)10-20-13-4-2-3-5-13/h6-8,12-13,17-18H,2-5,9-10H2,1H3. The van der Waals surface area contributed by atoms with Crippen molar-refractivity contribution in [2.24, 2.45) is 0 Å². The van der Waals surface area contributed by atoms with Gasteiger partial charge in [0.2, 0.25) is 0 Å². The Morgan fingerprint density at radius 3 is 2.85 bits per heavy atom. The molecule has 1 fully saturated rings. The molecule has 2 rings (SSSR count). The topological polar surface area (TPSA) is 50.7 Å². The van der Waals surface area contributed by atoms with Gasteiger partial charge >= 0.3 is 0 Å². The van der Waals surface area contributed by atoms with Crippen LogP contribution in [0.5, 0.6) is 5.75 Å². The third-order valence-electron chi connectivity index (χ3n) is 3.52. The summed E-state index contributed by atoms with van der Waals surface area (Å²) in [5.74, 6) is 0.0754. The third-order valence-corrected chi connectivity index (χ3v) is 3.52. The van der Waals surface area contributed by atoms with Gasteiger partial charge in [-0.15, -0.1) is 0 Å². The Morgan fingerprint density at radius 2 is 2.15 bits per heavy atom. The number of anilines is 1. The van der Waals surface area contributed by atoms with E-state index in [0.29, 0.717) is 30.7 Å². The van der Waals surface area contributed by atoms with Crippen LogP contribution in [0.1, 0.15) is 25.7 Å². The maximum absolute atomic E-state index is 13.0. The summed E-state index contributed by atoms with van der Waals surface area (Å²) >= 11 is 0. The highest BCUT2D eigenvalue weighted by molar-refractivity contribution is 5.56. The van der Waals surface area contributed by atoms with Gasteiger partial charge in [0.05, 0.1) is 31.6 Å². The third kappa shape index (κ3) is 4.35. The fourth-order valence-corrected chi connectivity index (χ4v) is 2.40. The zero-order valence-corrected chi connectivity index (χ0v) is 11.8. The first-order valence-electron chi connectivity index (χ1n) is 7.06. The molecule has 5 heteroatoms. The Morgan fingerprint density at radius 1 is 1.40 bits per heavy atom. The van der Waals surface area contributed by atoms with Gasteiger partial charge in [0, 0.05) is 12.6 Å². The molecule has 20 heavy (non-hydrogen) atoms. The maximum atomic E-state index is 13.0. The predicted molar refractivity (Wildman–Crippen MR) is 75.7 cm³/mol. The highest BCUT2D eigenvalue weighted by atomic mass is 19.1. The number of aliphatic hydroxyl groups excluding tert-OH is 1. The molecule has 2 N–H and O–H groups in total. The minimum atomic E-state index is -0.592. The molecule has 0 spiro atoms. The number of methoxy groups -OCH3 is 1. The second-order valence-corrected chi connectivity index (χ2v) is 5.12. The average Bonchev–Trinajstić information content (AvgIpc) is 2.97. The summed E-state index contributed by atoms with van der Waals surface area (Å²) in [6.45, 7) is 0.663. The number of halogens is 1. The van der Waals surface area contributed by atoms with Gasteiger partial charge in [0.1, 0.15) is 11.6 Å². The second-order valence-electron chi connectivity index (χ2n) is 5.12. The molecule has 0 aliphatic heterocycles. The summed E-state index contributed by atoms with van der Waals surface area (Å²) in [7, 11) is 1.49. The highest BCUT2D eigenvalue weighted by Crippen LogP contribution is 2.25. The summed E-state index contributed by atoms with van der Waals surface area (Å²) in [4.78, 5) is 0. The number of aliphatic hydroxyl groups is 1. The number of benzene rings is 1. The minimum absolute atomic E-state index is 0.296. The molecule has 1 aromatic carbocycles. The Kier molecular flexibility index (Phi) is 5.61. The van der Waals surface area contributed by atoms with Crippen molar-refractivity contribution in [1.82, 2.24) is 0 Å². The van der Waals surface area contributed by atoms with Crippen LogP contribution in [0.3, 0.4) is 0 Å². The number of hydrogen-bond acceptors (Lipinski definition) is 4. The summed E-state index contributed by atoms with van der Waals surface area (Å²) in [5.41, 5.74) is 0.661. The van der Waals surface area contributed by atoms with Crippen LogP contribution in [0.2, 0.25) is 0 Å². The van der Waals surface area contributed by atoms with Crippen LogP contribution >= 0.6 is 0 Å². The van der Waals surface area contributed by atoms with E-state index in [-0.39, 0.29) is 5.82 Å². The molecule has 1 saturated carbocycles. The van der Waals surface area contributed by atoms with E-state index < -0.39 is 6.10 Å². The number of ether oxygens (including phenoxy) is 2. The summed E-state index contributed by atoms with van der Waals surface area (Å²) < 4.78 is 23.8. The van der Waals surface area contributed by atoms with Crippen LogP contribution in [0.4, 0.5) is 10.1 Å². The number of rotatable bonds is 7. The predicted octanol–water partition coefficient (Wildman–Crippen LogP) is 2.57. The Labute approximate surface area is 118 Å². The molecule has 1 aliphatic rings. The van der Waals surface area contributed by atoms with Crippen molar-refractivity contribution in [2.75, 3.05) is 25.6 Å². The molecule has 112 valence electrons. The van der Waals surface area contributed by atoms with Gasteiger partial charge in [-0.3, -0.25) is 0 Å². The lowest BCUT2D eigenvalue weighted by Gasteiger charge is -2.17. The molecule has 1 aromatic rings. The summed E-state index contributed by atoms with van der Waals surface area (Å²) in [5, 5.41) is 12.9. The van der Waals surface area contributed by atoms with E-state index in [1.54, 1.807) is 6.07 Å². The van der Waals surface area contributed by atoms with Crippen molar-refractivity contribution >= 4 is 5.69 Å². The number of nitrogens with one attached hydrogen (secondary N) is 1. The Balaban J connectivity index is 1.76. The molecule has 1 unspecified atom stereocenters. The minimum Gasteiger partial charge on any atom is -0.494 e. The zero-order valence-electron chi connectivity index (χ0n) is 11.8. The first kappa shape index (κ1) is 15.1. The highest BCUT2D eigenvalue weighted by Gasteiger charge is 2.17. The molecule has 1 atom stereocenters. The van der Waals surface area contributed by atoms with Crippen molar-refractivity contribution < 1.29 is 19.0 Å². The maximum Gasteiger partial charge on any atom is 0.144 e. The van der Waals surface area contributed by atoms with E-state index in [4.69, 9.17) is 9.47 Å². The molecule has 0 heterocycles. The molecule has 0 bridgehead atoms. The van der Waals surface area contributed by atoms with Gasteiger partial charge in [-0.05, 0) is 25.0 Å². The lowest BCUT2D eigenvalue weighted by atomic mass is 10.2. The van der Waals surface area contributed by atoms with Crippen LogP contribution in [0.25, 0.3) is 0 Å². The summed E-state index contributed by atoms with van der Waals surface area (Å²) in [6, 6.07) is 4.26. The lowest BCUT2D eigenvalue weighted by Crippen LogP contribution is -2.27. The molecule has 4 nitrogen and oxygen atoms in total. The van der Waals surface area contributed by atoms with Crippen molar-refractivity contribution in [2.45, 2.75) is 37.9 Å². The van der Waals surface area contributed by atoms with Gasteiger partial charge in [-0.25, -0.2) is 4.39 Å². The van der Waals surface area contributed by atoms with E-state index in [9.17, 15) is 9.50 Å². The van der Waals surface area contributed by atoms with E-state index in [1.807, 2.05) is 0 Å². The van der Waals surface area contributed by atoms with Crippen molar-refractivity contribution in [1.29, 1.82) is 0 Å². The van der Waals surface area contributed by atoms with E-state index in [2.05, 4.69) is 5.32 Å². The molecule has 0 aromatic heterocycles. The van der Waals surface area contributed by atoms with Crippen molar-refractivity contribution in [3.05, 3.63) is 24.0 Å². The SMILES string of the molecule is COc1cc(F)ccc1NCC(O)COC1CCCC1. The normalized spacial score (nSPS) is 17.1. The van der Waals surface area contributed by atoms with E-state index in [0.717, 1.165) is 12.8 Å². The monoisotopic (exact) mass is 283 g/mol. The molecule has 0 amide bonds. The lowest BCUT2D eigenvalue weighted by molar-refractivity contribution is -0.00118. The average molecular weight is 283 g/mol. The molecule has 0 radical (unpaired) electrons.